The van der Waals surface area contributed by atoms with E-state index in [4.69, 9.17) is 14.6 Å². The van der Waals surface area contributed by atoms with E-state index in [2.05, 4.69) is 12.2 Å². The van der Waals surface area contributed by atoms with Gasteiger partial charge in [-0.1, -0.05) is 37.6 Å². The number of carbonyl (C=O) groups excluding carboxylic acids is 1. The molecule has 0 spiro atoms. The smallest absolute Gasteiger partial charge is 0.329 e. The summed E-state index contributed by atoms with van der Waals surface area (Å²) in [5.74, 6) is -2.10. The summed E-state index contributed by atoms with van der Waals surface area (Å²) in [5, 5.41) is 21.7. The van der Waals surface area contributed by atoms with Gasteiger partial charge in [-0.3, -0.25) is 4.79 Å². The van der Waals surface area contributed by atoms with E-state index in [-0.39, 0.29) is 30.3 Å². The SMILES string of the molecule is CC[C@H]1CC[C@@](NC(=O)c2cc(F)c(OC)c(OCCc3cccc(CCO)c3)c2)(C(=O)O)CC1. The number of halogens is 1. The number of aliphatic carboxylic acids is 1. The molecule has 1 aliphatic rings. The maximum Gasteiger partial charge on any atom is 0.329 e. The van der Waals surface area contributed by atoms with Crippen LogP contribution in [0.5, 0.6) is 11.5 Å². The van der Waals surface area contributed by atoms with E-state index in [0.717, 1.165) is 23.6 Å². The zero-order chi connectivity index (χ0) is 25.4. The summed E-state index contributed by atoms with van der Waals surface area (Å²) >= 11 is 0. The van der Waals surface area contributed by atoms with Crippen LogP contribution in [-0.4, -0.2) is 48.0 Å². The molecule has 7 nitrogen and oxygen atoms in total. The Kier molecular flexibility index (Phi) is 9.09. The number of hydrogen-bond donors (Lipinski definition) is 3. The summed E-state index contributed by atoms with van der Waals surface area (Å²) in [6, 6.07) is 10.2. The highest BCUT2D eigenvalue weighted by molar-refractivity contribution is 5.98. The number of rotatable bonds is 11. The van der Waals surface area contributed by atoms with Gasteiger partial charge < -0.3 is 25.0 Å². The van der Waals surface area contributed by atoms with Crippen LogP contribution in [0.1, 0.15) is 60.5 Å². The molecule has 190 valence electrons. The maximum absolute atomic E-state index is 14.8. The number of benzene rings is 2. The second kappa shape index (κ2) is 12.0. The fourth-order valence-electron chi connectivity index (χ4n) is 4.61. The van der Waals surface area contributed by atoms with Gasteiger partial charge >= 0.3 is 5.97 Å². The van der Waals surface area contributed by atoms with Crippen LogP contribution in [0.2, 0.25) is 0 Å². The number of aliphatic hydroxyl groups excluding tert-OH is 1. The molecular weight excluding hydrogens is 453 g/mol. The Morgan fingerprint density at radius 1 is 1.14 bits per heavy atom. The van der Waals surface area contributed by atoms with Gasteiger partial charge in [0.1, 0.15) is 5.54 Å². The Hall–Kier alpha value is -3.13. The van der Waals surface area contributed by atoms with Gasteiger partial charge in [0.25, 0.3) is 5.91 Å². The molecule has 3 rings (SSSR count). The van der Waals surface area contributed by atoms with Gasteiger partial charge in [0.05, 0.1) is 13.7 Å². The third-order valence-corrected chi connectivity index (χ3v) is 6.81. The summed E-state index contributed by atoms with van der Waals surface area (Å²) in [7, 11) is 1.31. The Morgan fingerprint density at radius 3 is 2.43 bits per heavy atom. The molecule has 0 saturated heterocycles. The van der Waals surface area contributed by atoms with E-state index >= 15 is 0 Å². The molecule has 8 heteroatoms. The van der Waals surface area contributed by atoms with Crippen LogP contribution < -0.4 is 14.8 Å². The molecule has 0 bridgehead atoms. The lowest BCUT2D eigenvalue weighted by Gasteiger charge is -2.37. The lowest BCUT2D eigenvalue weighted by atomic mass is 9.75. The molecule has 2 aromatic carbocycles. The molecule has 1 fully saturated rings. The highest BCUT2D eigenvalue weighted by Crippen LogP contribution is 2.35. The van der Waals surface area contributed by atoms with E-state index in [0.29, 0.717) is 44.4 Å². The fourth-order valence-corrected chi connectivity index (χ4v) is 4.61. The van der Waals surface area contributed by atoms with Crippen molar-refractivity contribution in [3.05, 3.63) is 58.9 Å². The van der Waals surface area contributed by atoms with Crippen molar-refractivity contribution >= 4 is 11.9 Å². The molecule has 35 heavy (non-hydrogen) atoms. The summed E-state index contributed by atoms with van der Waals surface area (Å²) < 4.78 is 25.7. The molecule has 0 heterocycles. The van der Waals surface area contributed by atoms with Crippen LogP contribution in [0, 0.1) is 11.7 Å². The Morgan fingerprint density at radius 2 is 1.83 bits per heavy atom. The summed E-state index contributed by atoms with van der Waals surface area (Å²) in [4.78, 5) is 25.1. The number of aliphatic hydroxyl groups is 1. The minimum absolute atomic E-state index is 0.0264. The number of hydrogen-bond acceptors (Lipinski definition) is 5. The first-order valence-corrected chi connectivity index (χ1v) is 12.1. The van der Waals surface area contributed by atoms with Gasteiger partial charge in [0.15, 0.2) is 17.3 Å². The monoisotopic (exact) mass is 487 g/mol. The van der Waals surface area contributed by atoms with Crippen molar-refractivity contribution in [3.63, 3.8) is 0 Å². The molecule has 1 amide bonds. The minimum Gasteiger partial charge on any atom is -0.490 e. The zero-order valence-corrected chi connectivity index (χ0v) is 20.3. The van der Waals surface area contributed by atoms with Gasteiger partial charge in [-0.2, -0.15) is 0 Å². The van der Waals surface area contributed by atoms with Gasteiger partial charge in [0, 0.05) is 18.6 Å². The Balaban J connectivity index is 1.74. The van der Waals surface area contributed by atoms with E-state index in [1.54, 1.807) is 0 Å². The highest BCUT2D eigenvalue weighted by atomic mass is 19.1. The van der Waals surface area contributed by atoms with Crippen molar-refractivity contribution in [2.24, 2.45) is 5.92 Å². The van der Waals surface area contributed by atoms with Crippen molar-refractivity contribution in [2.45, 2.75) is 57.4 Å². The summed E-state index contributed by atoms with van der Waals surface area (Å²) in [6.07, 6.45) is 4.17. The van der Waals surface area contributed by atoms with Crippen LogP contribution >= 0.6 is 0 Å². The van der Waals surface area contributed by atoms with E-state index in [1.165, 1.54) is 13.2 Å². The number of carboxylic acid groups (broad SMARTS) is 1. The number of carbonyl (C=O) groups is 2. The average Bonchev–Trinajstić information content (AvgIpc) is 2.84. The normalized spacial score (nSPS) is 19.7. The van der Waals surface area contributed by atoms with Gasteiger partial charge in [-0.15, -0.1) is 0 Å². The summed E-state index contributed by atoms with van der Waals surface area (Å²) in [5.41, 5.74) is 0.615. The minimum atomic E-state index is -1.36. The number of nitrogens with one attached hydrogen (secondary N) is 1. The Labute approximate surface area is 205 Å². The van der Waals surface area contributed by atoms with Gasteiger partial charge in [-0.25, -0.2) is 9.18 Å². The first-order valence-electron chi connectivity index (χ1n) is 12.1. The predicted octanol–water partition coefficient (Wildman–Crippen LogP) is 4.14. The van der Waals surface area contributed by atoms with Crippen molar-refractivity contribution in [2.75, 3.05) is 20.3 Å². The highest BCUT2D eigenvalue weighted by Gasteiger charge is 2.43. The largest absolute Gasteiger partial charge is 0.490 e. The lowest BCUT2D eigenvalue weighted by Crippen LogP contribution is -2.56. The maximum atomic E-state index is 14.8. The molecule has 3 N–H and O–H groups in total. The standard InChI is InChI=1S/C27H34FNO6/c1-3-18-7-11-27(12-8-18,26(32)33)29-25(31)21-16-22(28)24(34-2)23(17-21)35-14-10-20-6-4-5-19(15-20)9-13-30/h4-6,15-18,30H,3,7-14H2,1-2H3,(H,29,31)(H,32,33)/t18-,27-. The topological polar surface area (TPSA) is 105 Å². The molecule has 1 saturated carbocycles. The van der Waals surface area contributed by atoms with Crippen molar-refractivity contribution < 1.29 is 33.7 Å². The third-order valence-electron chi connectivity index (χ3n) is 6.81. The van der Waals surface area contributed by atoms with E-state index < -0.39 is 23.2 Å². The number of amides is 1. The predicted molar refractivity (Wildman–Crippen MR) is 129 cm³/mol. The second-order valence-corrected chi connectivity index (χ2v) is 9.07. The van der Waals surface area contributed by atoms with Crippen LogP contribution in [0.25, 0.3) is 0 Å². The van der Waals surface area contributed by atoms with Crippen molar-refractivity contribution in [1.82, 2.24) is 5.32 Å². The molecule has 0 aliphatic heterocycles. The van der Waals surface area contributed by atoms with Crippen LogP contribution in [-0.2, 0) is 17.6 Å². The van der Waals surface area contributed by atoms with Gasteiger partial charge in [-0.05, 0) is 61.3 Å². The first kappa shape index (κ1) is 26.5. The average molecular weight is 488 g/mol. The molecule has 0 aromatic heterocycles. The second-order valence-electron chi connectivity index (χ2n) is 9.07. The number of ether oxygens (including phenoxy) is 2. The number of methoxy groups -OCH3 is 1. The van der Waals surface area contributed by atoms with E-state index in [9.17, 15) is 19.1 Å². The van der Waals surface area contributed by atoms with Crippen molar-refractivity contribution in [3.8, 4) is 11.5 Å². The quantitative estimate of drug-likeness (QED) is 0.440. The van der Waals surface area contributed by atoms with Crippen LogP contribution in [0.15, 0.2) is 36.4 Å². The molecule has 2 aromatic rings. The zero-order valence-electron chi connectivity index (χ0n) is 20.3. The van der Waals surface area contributed by atoms with Crippen molar-refractivity contribution in [1.29, 1.82) is 0 Å². The van der Waals surface area contributed by atoms with Gasteiger partial charge in [0.2, 0.25) is 0 Å². The molecule has 1 aliphatic carbocycles. The van der Waals surface area contributed by atoms with Crippen LogP contribution in [0.4, 0.5) is 4.39 Å². The Bertz CT molecular complexity index is 1030. The molecule has 0 radical (unpaired) electrons. The number of carboxylic acids is 1. The van der Waals surface area contributed by atoms with Crippen LogP contribution in [0.3, 0.4) is 0 Å². The molecule has 0 unspecified atom stereocenters. The third kappa shape index (κ3) is 6.51. The lowest BCUT2D eigenvalue weighted by molar-refractivity contribution is -0.146. The molecule has 0 atom stereocenters. The first-order chi connectivity index (χ1) is 16.8. The van der Waals surface area contributed by atoms with E-state index in [1.807, 2.05) is 24.3 Å². The summed E-state index contributed by atoms with van der Waals surface area (Å²) in [6.45, 7) is 2.35. The fraction of sp³-hybridized carbons (Fsp3) is 0.481. The molecular formula is C27H34FNO6.